The van der Waals surface area contributed by atoms with Gasteiger partial charge in [0, 0.05) is 17.3 Å². The van der Waals surface area contributed by atoms with Gasteiger partial charge in [-0.3, -0.25) is 0 Å². The lowest BCUT2D eigenvalue weighted by Crippen LogP contribution is -2.28. The molecule has 2 saturated carbocycles. The van der Waals surface area contributed by atoms with Gasteiger partial charge in [0.1, 0.15) is 4.99 Å². The molecule has 2 fully saturated rings. The lowest BCUT2D eigenvalue weighted by molar-refractivity contribution is 0.201. The Balaban J connectivity index is 1.52. The lowest BCUT2D eigenvalue weighted by Gasteiger charge is -2.28. The normalized spacial score (nSPS) is 22.2. The van der Waals surface area contributed by atoms with Crippen LogP contribution in [0.2, 0.25) is 0 Å². The predicted octanol–water partition coefficient (Wildman–Crippen LogP) is 5.66. The Kier molecular flexibility index (Phi) is 4.31. The highest BCUT2D eigenvalue weighted by Crippen LogP contribution is 2.51. The summed E-state index contributed by atoms with van der Waals surface area (Å²) in [4.78, 5) is 3.28. The molecule has 4 heteroatoms. The fourth-order valence-corrected chi connectivity index (χ4v) is 5.00. The van der Waals surface area contributed by atoms with Crippen LogP contribution in [0, 0.1) is 5.92 Å². The summed E-state index contributed by atoms with van der Waals surface area (Å²) in [6.45, 7) is 0. The predicted molar refractivity (Wildman–Crippen MR) is 112 cm³/mol. The second-order valence-electron chi connectivity index (χ2n) is 7.90. The Hall–Kier alpha value is -2.07. The average Bonchev–Trinajstić information content (AvgIpc) is 3.32. The SMILES string of the molecule is COc1ccc(N2C(=S)c3ccccc3C2C2CC2)cc1OC1CCCC1. The monoisotopic (exact) mass is 379 g/mol. The van der Waals surface area contributed by atoms with Gasteiger partial charge in [-0.1, -0.05) is 36.5 Å². The van der Waals surface area contributed by atoms with Crippen LogP contribution in [-0.4, -0.2) is 18.2 Å². The van der Waals surface area contributed by atoms with Crippen molar-refractivity contribution in [2.24, 2.45) is 5.92 Å². The van der Waals surface area contributed by atoms with Crippen molar-refractivity contribution in [1.82, 2.24) is 0 Å². The molecule has 140 valence electrons. The first-order valence-electron chi connectivity index (χ1n) is 10.0. The molecule has 1 aliphatic heterocycles. The van der Waals surface area contributed by atoms with Crippen LogP contribution < -0.4 is 14.4 Å². The van der Waals surface area contributed by atoms with Crippen molar-refractivity contribution in [3.8, 4) is 11.5 Å². The maximum absolute atomic E-state index is 6.33. The molecule has 1 heterocycles. The third-order valence-corrected chi connectivity index (χ3v) is 6.51. The number of methoxy groups -OCH3 is 1. The maximum atomic E-state index is 6.33. The number of ether oxygens (including phenoxy) is 2. The molecule has 0 aromatic heterocycles. The van der Waals surface area contributed by atoms with E-state index in [0.717, 1.165) is 35.0 Å². The van der Waals surface area contributed by atoms with Gasteiger partial charge in [-0.15, -0.1) is 0 Å². The quantitative estimate of drug-likeness (QED) is 0.625. The van der Waals surface area contributed by atoms with Gasteiger partial charge in [-0.05, 0) is 62.1 Å². The van der Waals surface area contributed by atoms with E-state index >= 15 is 0 Å². The minimum absolute atomic E-state index is 0.302. The molecule has 0 spiro atoms. The molecule has 0 saturated heterocycles. The molecule has 0 radical (unpaired) electrons. The Labute approximate surface area is 166 Å². The van der Waals surface area contributed by atoms with Crippen LogP contribution in [0.4, 0.5) is 5.69 Å². The summed E-state index contributed by atoms with van der Waals surface area (Å²) >= 11 is 5.90. The Morgan fingerprint density at radius 2 is 1.74 bits per heavy atom. The number of fused-ring (bicyclic) bond motifs is 1. The minimum Gasteiger partial charge on any atom is -0.493 e. The fraction of sp³-hybridized carbons (Fsp3) is 0.435. The topological polar surface area (TPSA) is 21.7 Å². The molecule has 0 bridgehead atoms. The molecule has 27 heavy (non-hydrogen) atoms. The van der Waals surface area contributed by atoms with E-state index in [1.807, 2.05) is 6.07 Å². The third kappa shape index (κ3) is 3.00. The van der Waals surface area contributed by atoms with Gasteiger partial charge in [-0.25, -0.2) is 0 Å². The first-order valence-corrected chi connectivity index (χ1v) is 10.4. The molecule has 2 aromatic rings. The van der Waals surface area contributed by atoms with Gasteiger partial charge in [0.05, 0.1) is 19.3 Å². The number of benzene rings is 2. The van der Waals surface area contributed by atoms with Gasteiger partial charge in [0.25, 0.3) is 0 Å². The van der Waals surface area contributed by atoms with Crippen LogP contribution >= 0.6 is 12.2 Å². The number of thiocarbonyl (C=S) groups is 1. The summed E-state index contributed by atoms with van der Waals surface area (Å²) in [5.41, 5.74) is 3.69. The maximum Gasteiger partial charge on any atom is 0.163 e. The molecule has 0 amide bonds. The van der Waals surface area contributed by atoms with Gasteiger partial charge in [0.2, 0.25) is 0 Å². The third-order valence-electron chi connectivity index (χ3n) is 6.10. The zero-order chi connectivity index (χ0) is 18.4. The zero-order valence-corrected chi connectivity index (χ0v) is 16.5. The van der Waals surface area contributed by atoms with E-state index in [1.54, 1.807) is 7.11 Å². The molecule has 1 unspecified atom stereocenters. The summed E-state index contributed by atoms with van der Waals surface area (Å²) < 4.78 is 11.9. The Morgan fingerprint density at radius 3 is 2.48 bits per heavy atom. The highest BCUT2D eigenvalue weighted by Gasteiger charge is 2.44. The molecule has 3 nitrogen and oxygen atoms in total. The van der Waals surface area contributed by atoms with E-state index in [9.17, 15) is 0 Å². The van der Waals surface area contributed by atoms with Crippen LogP contribution in [0.15, 0.2) is 42.5 Å². The van der Waals surface area contributed by atoms with Crippen molar-refractivity contribution in [2.75, 3.05) is 12.0 Å². The van der Waals surface area contributed by atoms with Crippen LogP contribution in [-0.2, 0) is 0 Å². The number of hydrogen-bond donors (Lipinski definition) is 0. The summed E-state index contributed by atoms with van der Waals surface area (Å²) in [5, 5.41) is 0. The van der Waals surface area contributed by atoms with Crippen molar-refractivity contribution in [3.05, 3.63) is 53.6 Å². The van der Waals surface area contributed by atoms with Crippen molar-refractivity contribution in [3.63, 3.8) is 0 Å². The fourth-order valence-electron chi connectivity index (χ4n) is 4.59. The lowest BCUT2D eigenvalue weighted by atomic mass is 10.0. The van der Waals surface area contributed by atoms with Gasteiger partial charge >= 0.3 is 0 Å². The molecule has 0 N–H and O–H groups in total. The van der Waals surface area contributed by atoms with Gasteiger partial charge in [-0.2, -0.15) is 0 Å². The highest BCUT2D eigenvalue weighted by molar-refractivity contribution is 7.81. The summed E-state index contributed by atoms with van der Waals surface area (Å²) in [5.74, 6) is 2.33. The zero-order valence-electron chi connectivity index (χ0n) is 15.7. The van der Waals surface area contributed by atoms with Gasteiger partial charge in [0.15, 0.2) is 11.5 Å². The van der Waals surface area contributed by atoms with E-state index in [1.165, 1.54) is 36.8 Å². The van der Waals surface area contributed by atoms with E-state index in [0.29, 0.717) is 18.1 Å². The summed E-state index contributed by atoms with van der Waals surface area (Å²) in [6, 6.07) is 15.2. The van der Waals surface area contributed by atoms with Crippen molar-refractivity contribution < 1.29 is 9.47 Å². The minimum atomic E-state index is 0.302. The molecule has 3 aliphatic rings. The number of hydrogen-bond acceptors (Lipinski definition) is 3. The Morgan fingerprint density at radius 1 is 0.963 bits per heavy atom. The van der Waals surface area contributed by atoms with Crippen molar-refractivity contribution in [1.29, 1.82) is 0 Å². The molecule has 1 atom stereocenters. The van der Waals surface area contributed by atoms with E-state index in [-0.39, 0.29) is 0 Å². The summed E-state index contributed by atoms with van der Waals surface area (Å²) in [7, 11) is 1.71. The van der Waals surface area contributed by atoms with E-state index in [4.69, 9.17) is 21.7 Å². The second-order valence-corrected chi connectivity index (χ2v) is 8.29. The van der Waals surface area contributed by atoms with Crippen LogP contribution in [0.5, 0.6) is 11.5 Å². The number of rotatable bonds is 5. The van der Waals surface area contributed by atoms with Crippen molar-refractivity contribution in [2.45, 2.75) is 50.7 Å². The van der Waals surface area contributed by atoms with Crippen LogP contribution in [0.3, 0.4) is 0 Å². The van der Waals surface area contributed by atoms with E-state index < -0.39 is 0 Å². The first-order chi connectivity index (χ1) is 13.3. The molecule has 2 aromatic carbocycles. The molecular weight excluding hydrogens is 354 g/mol. The number of nitrogens with zero attached hydrogens (tertiary/aromatic N) is 1. The standard InChI is InChI=1S/C23H25NO2S/c1-25-20-13-12-16(14-21(20)26-17-6-2-3-7-17)24-22(15-10-11-15)18-8-4-5-9-19(18)23(24)27/h4-5,8-9,12-15,17,22H,2-3,6-7,10-11H2,1H3. The van der Waals surface area contributed by atoms with Crippen molar-refractivity contribution >= 4 is 22.9 Å². The molecular formula is C23H25NO2S. The van der Waals surface area contributed by atoms with Crippen LogP contribution in [0.25, 0.3) is 0 Å². The smallest absolute Gasteiger partial charge is 0.163 e. The largest absolute Gasteiger partial charge is 0.493 e. The van der Waals surface area contributed by atoms with E-state index in [2.05, 4.69) is 41.3 Å². The second kappa shape index (κ2) is 6.83. The molecule has 5 rings (SSSR count). The Bertz CT molecular complexity index is 870. The first kappa shape index (κ1) is 17.1. The molecule has 2 aliphatic carbocycles. The van der Waals surface area contributed by atoms with Gasteiger partial charge < -0.3 is 14.4 Å². The van der Waals surface area contributed by atoms with Crippen LogP contribution in [0.1, 0.15) is 55.7 Å². The highest BCUT2D eigenvalue weighted by atomic mass is 32.1. The number of anilines is 1. The average molecular weight is 380 g/mol. The summed E-state index contributed by atoms with van der Waals surface area (Å²) in [6.07, 6.45) is 7.62.